The molecule has 0 unspecified atom stereocenters. The minimum Gasteiger partial charge on any atom is -0.477 e. The third kappa shape index (κ3) is 2.03. The Kier molecular flexibility index (Phi) is 3.12. The number of rotatable bonds is 2. The molecule has 23 heavy (non-hydrogen) atoms. The van der Waals surface area contributed by atoms with Gasteiger partial charge in [-0.05, 0) is 31.0 Å². The normalized spacial score (nSPS) is 14.9. The van der Waals surface area contributed by atoms with Gasteiger partial charge in [0.05, 0.1) is 5.52 Å². The summed E-state index contributed by atoms with van der Waals surface area (Å²) in [6, 6.07) is 5.18. The van der Waals surface area contributed by atoms with Crippen molar-refractivity contribution in [3.05, 3.63) is 45.3 Å². The number of hydrogen-bond donors (Lipinski definition) is 1. The second kappa shape index (κ2) is 5.06. The number of nitrogens with zero attached hydrogens (tertiary/aromatic N) is 2. The lowest BCUT2D eigenvalue weighted by Gasteiger charge is -2.18. The fourth-order valence-corrected chi connectivity index (χ4v) is 4.09. The van der Waals surface area contributed by atoms with Gasteiger partial charge in [-0.25, -0.2) is 4.79 Å². The van der Waals surface area contributed by atoms with Crippen LogP contribution in [-0.2, 0) is 0 Å². The second-order valence-electron chi connectivity index (χ2n) is 5.60. The van der Waals surface area contributed by atoms with Gasteiger partial charge in [-0.15, -0.1) is 11.3 Å². The molecular formula is C16H13FN2O3S. The zero-order valence-corrected chi connectivity index (χ0v) is 12.9. The van der Waals surface area contributed by atoms with Gasteiger partial charge in [0.25, 0.3) is 0 Å². The van der Waals surface area contributed by atoms with E-state index in [9.17, 15) is 19.1 Å². The number of carbonyl (C=O) groups is 1. The van der Waals surface area contributed by atoms with Gasteiger partial charge in [-0.2, -0.15) is 4.39 Å². The topological polar surface area (TPSA) is 62.0 Å². The molecule has 7 heteroatoms. The molecule has 3 aromatic rings. The van der Waals surface area contributed by atoms with Crippen molar-refractivity contribution in [2.24, 2.45) is 0 Å². The number of halogens is 1. The Morgan fingerprint density at radius 3 is 2.70 bits per heavy atom. The largest absolute Gasteiger partial charge is 0.477 e. The molecule has 0 amide bonds. The number of aromatic carboxylic acids is 1. The Morgan fingerprint density at radius 1 is 1.26 bits per heavy atom. The monoisotopic (exact) mass is 332 g/mol. The average Bonchev–Trinajstić information content (AvgIpc) is 3.17. The number of thiazole rings is 1. The lowest BCUT2D eigenvalue weighted by Crippen LogP contribution is -2.20. The molecule has 1 saturated heterocycles. The molecule has 1 aliphatic heterocycles. The zero-order valence-electron chi connectivity index (χ0n) is 12.1. The molecule has 4 rings (SSSR count). The molecule has 1 aromatic carbocycles. The van der Waals surface area contributed by atoms with E-state index in [1.54, 1.807) is 18.2 Å². The SMILES string of the molecule is O=C(O)c1c(=O)c2ccc(N3CCCC3)cc2n2c(F)csc12. The van der Waals surface area contributed by atoms with Crippen LogP contribution in [0.5, 0.6) is 0 Å². The number of fused-ring (bicyclic) bond motifs is 3. The van der Waals surface area contributed by atoms with Gasteiger partial charge >= 0.3 is 5.97 Å². The van der Waals surface area contributed by atoms with Gasteiger partial charge in [-0.1, -0.05) is 0 Å². The molecule has 1 aliphatic rings. The summed E-state index contributed by atoms with van der Waals surface area (Å²) in [7, 11) is 0. The van der Waals surface area contributed by atoms with E-state index in [1.807, 2.05) is 0 Å². The van der Waals surface area contributed by atoms with Crippen LogP contribution in [-0.4, -0.2) is 28.6 Å². The Balaban J connectivity index is 2.11. The highest BCUT2D eigenvalue weighted by atomic mass is 32.1. The summed E-state index contributed by atoms with van der Waals surface area (Å²) in [4.78, 5) is 26.2. The van der Waals surface area contributed by atoms with Crippen LogP contribution < -0.4 is 10.3 Å². The first-order valence-electron chi connectivity index (χ1n) is 7.31. The Labute approximate surface area is 134 Å². The van der Waals surface area contributed by atoms with Gasteiger partial charge in [0, 0.05) is 29.5 Å². The molecule has 3 heterocycles. The summed E-state index contributed by atoms with van der Waals surface area (Å²) in [6.07, 6.45) is 2.22. The number of hydrogen-bond acceptors (Lipinski definition) is 4. The highest BCUT2D eigenvalue weighted by molar-refractivity contribution is 7.16. The predicted molar refractivity (Wildman–Crippen MR) is 87.4 cm³/mol. The van der Waals surface area contributed by atoms with E-state index in [-0.39, 0.29) is 15.8 Å². The van der Waals surface area contributed by atoms with Crippen LogP contribution in [0.15, 0.2) is 28.4 Å². The van der Waals surface area contributed by atoms with Gasteiger partial charge in [0.1, 0.15) is 10.4 Å². The molecule has 0 aliphatic carbocycles. The van der Waals surface area contributed by atoms with Crippen molar-refractivity contribution >= 4 is 38.7 Å². The predicted octanol–water partition coefficient (Wildman–Crippen LogP) is 2.95. The highest BCUT2D eigenvalue weighted by Crippen LogP contribution is 2.28. The van der Waals surface area contributed by atoms with Gasteiger partial charge < -0.3 is 10.0 Å². The summed E-state index contributed by atoms with van der Waals surface area (Å²) >= 11 is 0.930. The minimum absolute atomic E-state index is 0.131. The third-order valence-corrected chi connectivity index (χ3v) is 5.20. The van der Waals surface area contributed by atoms with E-state index in [1.165, 1.54) is 9.78 Å². The van der Waals surface area contributed by atoms with Gasteiger partial charge in [0.2, 0.25) is 11.4 Å². The lowest BCUT2D eigenvalue weighted by atomic mass is 10.1. The molecular weight excluding hydrogens is 319 g/mol. The standard InChI is InChI=1S/C16H13FN2O3S/c17-12-8-23-15-13(16(21)22)14(20)10-4-3-9(7-11(10)19(12)15)18-5-1-2-6-18/h3-4,7-8H,1-2,5-6H2,(H,21,22). The van der Waals surface area contributed by atoms with E-state index in [0.29, 0.717) is 5.52 Å². The van der Waals surface area contributed by atoms with Crippen molar-refractivity contribution in [1.82, 2.24) is 4.40 Å². The first kappa shape index (κ1) is 14.2. The zero-order chi connectivity index (χ0) is 16.1. The quantitative estimate of drug-likeness (QED) is 0.784. The number of aromatic nitrogens is 1. The summed E-state index contributed by atoms with van der Waals surface area (Å²) in [5, 5.41) is 10.8. The van der Waals surface area contributed by atoms with E-state index >= 15 is 0 Å². The molecule has 1 N–H and O–H groups in total. The van der Waals surface area contributed by atoms with Crippen molar-refractivity contribution in [2.45, 2.75) is 12.8 Å². The molecule has 0 saturated carbocycles. The molecule has 5 nitrogen and oxygen atoms in total. The maximum atomic E-state index is 14.2. The smallest absolute Gasteiger partial charge is 0.342 e. The maximum Gasteiger partial charge on any atom is 0.342 e. The first-order chi connectivity index (χ1) is 11.1. The third-order valence-electron chi connectivity index (χ3n) is 4.28. The summed E-state index contributed by atoms with van der Waals surface area (Å²) in [5.41, 5.74) is 0.401. The number of anilines is 1. The Bertz CT molecular complexity index is 1000. The van der Waals surface area contributed by atoms with Crippen LogP contribution in [0.3, 0.4) is 0 Å². The number of pyridine rings is 1. The van der Waals surface area contributed by atoms with Crippen molar-refractivity contribution < 1.29 is 14.3 Å². The van der Waals surface area contributed by atoms with Crippen molar-refractivity contribution in [2.75, 3.05) is 18.0 Å². The lowest BCUT2D eigenvalue weighted by molar-refractivity contribution is 0.0697. The maximum absolute atomic E-state index is 14.2. The van der Waals surface area contributed by atoms with Crippen LogP contribution >= 0.6 is 11.3 Å². The summed E-state index contributed by atoms with van der Waals surface area (Å²) in [6.45, 7) is 1.87. The minimum atomic E-state index is -1.33. The molecule has 2 aromatic heterocycles. The highest BCUT2D eigenvalue weighted by Gasteiger charge is 2.22. The van der Waals surface area contributed by atoms with E-state index in [0.717, 1.165) is 43.0 Å². The van der Waals surface area contributed by atoms with Crippen LogP contribution in [0.25, 0.3) is 15.7 Å². The number of carboxylic acid groups (broad SMARTS) is 1. The fraction of sp³-hybridized carbons (Fsp3) is 0.250. The number of benzene rings is 1. The van der Waals surface area contributed by atoms with Crippen LogP contribution in [0.1, 0.15) is 23.2 Å². The van der Waals surface area contributed by atoms with Crippen molar-refractivity contribution in [3.8, 4) is 0 Å². The molecule has 118 valence electrons. The molecule has 0 bridgehead atoms. The molecule has 0 atom stereocenters. The molecule has 0 spiro atoms. The first-order valence-corrected chi connectivity index (χ1v) is 8.19. The average molecular weight is 332 g/mol. The van der Waals surface area contributed by atoms with E-state index in [4.69, 9.17) is 0 Å². The number of carboxylic acids is 1. The summed E-state index contributed by atoms with van der Waals surface area (Å²) in [5.74, 6) is -1.89. The molecule has 0 radical (unpaired) electrons. The van der Waals surface area contributed by atoms with Crippen LogP contribution in [0.2, 0.25) is 0 Å². The van der Waals surface area contributed by atoms with Crippen molar-refractivity contribution in [3.63, 3.8) is 0 Å². The van der Waals surface area contributed by atoms with E-state index in [2.05, 4.69) is 4.90 Å². The van der Waals surface area contributed by atoms with E-state index < -0.39 is 17.3 Å². The Hall–Kier alpha value is -2.41. The Morgan fingerprint density at radius 2 is 2.00 bits per heavy atom. The molecule has 1 fully saturated rings. The van der Waals surface area contributed by atoms with Crippen LogP contribution in [0.4, 0.5) is 10.1 Å². The van der Waals surface area contributed by atoms with Gasteiger partial charge in [-0.3, -0.25) is 9.20 Å². The summed E-state index contributed by atoms with van der Waals surface area (Å²) < 4.78 is 15.5. The second-order valence-corrected chi connectivity index (χ2v) is 6.46. The fourth-order valence-electron chi connectivity index (χ4n) is 3.19. The van der Waals surface area contributed by atoms with Gasteiger partial charge in [0.15, 0.2) is 0 Å². The van der Waals surface area contributed by atoms with Crippen molar-refractivity contribution in [1.29, 1.82) is 0 Å². The van der Waals surface area contributed by atoms with Crippen LogP contribution in [0, 0.1) is 5.95 Å².